The topological polar surface area (TPSA) is 0 Å². The lowest BCUT2D eigenvalue weighted by Crippen LogP contribution is -1.83. The average molecular weight is 302 g/mol. The third kappa shape index (κ3) is 8.23. The van der Waals surface area contributed by atoms with E-state index in [-0.39, 0.29) is 0 Å². The minimum Gasteiger partial charge on any atom is -0.0991 e. The molecule has 0 aromatic carbocycles. The van der Waals surface area contributed by atoms with Crippen LogP contribution in [0.1, 0.15) is 6.92 Å². The van der Waals surface area contributed by atoms with Crippen LogP contribution in [0.2, 0.25) is 0 Å². The molecule has 0 atom stereocenters. The molecule has 0 aromatic heterocycles. The predicted molar refractivity (Wildman–Crippen MR) is 107 cm³/mol. The van der Waals surface area contributed by atoms with Gasteiger partial charge >= 0.3 is 0 Å². The summed E-state index contributed by atoms with van der Waals surface area (Å²) in [6.07, 6.45) is 16.7. The molecule has 0 heteroatoms. The molecule has 0 amide bonds. The predicted octanol–water partition coefficient (Wildman–Crippen LogP) is 6.75. The highest BCUT2D eigenvalue weighted by Gasteiger charge is 1.96. The van der Waals surface area contributed by atoms with Crippen LogP contribution in [0.5, 0.6) is 0 Å². The number of allylic oxidation sites excluding steroid dienone is 15. The highest BCUT2D eigenvalue weighted by molar-refractivity contribution is 5.51. The van der Waals surface area contributed by atoms with Gasteiger partial charge in [0.15, 0.2) is 0 Å². The molecule has 0 aliphatic carbocycles. The van der Waals surface area contributed by atoms with Crippen LogP contribution in [-0.2, 0) is 0 Å². The quantitative estimate of drug-likeness (QED) is 0.391. The fourth-order valence-corrected chi connectivity index (χ4v) is 1.43. The van der Waals surface area contributed by atoms with Crippen molar-refractivity contribution in [1.29, 1.82) is 0 Å². The summed E-state index contributed by atoms with van der Waals surface area (Å²) in [5.41, 5.74) is 4.95. The largest absolute Gasteiger partial charge is 0.0991 e. The summed E-state index contributed by atoms with van der Waals surface area (Å²) >= 11 is 0. The molecule has 0 aliphatic rings. The van der Waals surface area contributed by atoms with E-state index in [1.165, 1.54) is 0 Å². The molecule has 23 heavy (non-hydrogen) atoms. The van der Waals surface area contributed by atoms with Crippen LogP contribution in [0, 0.1) is 0 Å². The van der Waals surface area contributed by atoms with Gasteiger partial charge < -0.3 is 0 Å². The first-order valence-corrected chi connectivity index (χ1v) is 7.26. The second-order valence-corrected chi connectivity index (χ2v) is 4.91. The van der Waals surface area contributed by atoms with Gasteiger partial charge in [-0.05, 0) is 40.4 Å². The van der Waals surface area contributed by atoms with Crippen LogP contribution in [0.4, 0.5) is 0 Å². The molecular weight excluding hydrogens is 276 g/mol. The van der Waals surface area contributed by atoms with Gasteiger partial charge in [-0.1, -0.05) is 101 Å². The lowest BCUT2D eigenvalue weighted by atomic mass is 10.0. The van der Waals surface area contributed by atoms with E-state index in [2.05, 4.69) is 46.1 Å². The summed E-state index contributed by atoms with van der Waals surface area (Å²) in [4.78, 5) is 0. The van der Waals surface area contributed by atoms with Crippen LogP contribution >= 0.6 is 0 Å². The number of hydrogen-bond acceptors (Lipinski definition) is 0. The molecule has 0 radical (unpaired) electrons. The van der Waals surface area contributed by atoms with Gasteiger partial charge in [0.1, 0.15) is 0 Å². The van der Waals surface area contributed by atoms with E-state index in [0.29, 0.717) is 0 Å². The van der Waals surface area contributed by atoms with E-state index < -0.39 is 0 Å². The summed E-state index contributed by atoms with van der Waals surface area (Å²) in [6.45, 7) is 29.4. The van der Waals surface area contributed by atoms with Gasteiger partial charge in [-0.25, -0.2) is 0 Å². The van der Waals surface area contributed by atoms with Crippen molar-refractivity contribution in [3.8, 4) is 0 Å². The van der Waals surface area contributed by atoms with Crippen LogP contribution in [0.3, 0.4) is 0 Å². The van der Waals surface area contributed by atoms with Gasteiger partial charge in [0, 0.05) is 0 Å². The SMILES string of the molecule is C=C/C=C\C(=C)C(=C)/C=C\C(=C)C(=C)/C=C\C(=C)C(=C)/C=C\C. The fourth-order valence-electron chi connectivity index (χ4n) is 1.43. The van der Waals surface area contributed by atoms with Gasteiger partial charge in [0.2, 0.25) is 0 Å². The molecular formula is C23H26. The van der Waals surface area contributed by atoms with Gasteiger partial charge in [-0.2, -0.15) is 0 Å². The normalized spacial score (nSPS) is 11.3. The molecule has 0 nitrogen and oxygen atoms in total. The zero-order valence-corrected chi connectivity index (χ0v) is 14.1. The van der Waals surface area contributed by atoms with E-state index in [0.717, 1.165) is 33.4 Å². The zero-order valence-electron chi connectivity index (χ0n) is 14.1. The Morgan fingerprint density at radius 2 is 0.826 bits per heavy atom. The van der Waals surface area contributed by atoms with E-state index in [4.69, 9.17) is 0 Å². The Kier molecular flexibility index (Phi) is 9.46. The van der Waals surface area contributed by atoms with Gasteiger partial charge in [0.05, 0.1) is 0 Å². The molecule has 0 heterocycles. The van der Waals surface area contributed by atoms with Crippen molar-refractivity contribution >= 4 is 0 Å². The summed E-state index contributed by atoms with van der Waals surface area (Å²) < 4.78 is 0. The molecule has 0 N–H and O–H groups in total. The van der Waals surface area contributed by atoms with Crippen LogP contribution in [0.15, 0.2) is 134 Å². The first-order chi connectivity index (χ1) is 10.8. The lowest BCUT2D eigenvalue weighted by molar-refractivity contribution is 1.52. The van der Waals surface area contributed by atoms with Crippen molar-refractivity contribution in [3.05, 3.63) is 134 Å². The Balaban J connectivity index is 4.74. The van der Waals surface area contributed by atoms with Crippen molar-refractivity contribution in [1.82, 2.24) is 0 Å². The summed E-state index contributed by atoms with van der Waals surface area (Å²) in [5, 5.41) is 0. The maximum Gasteiger partial charge on any atom is -0.0262 e. The molecule has 0 aromatic rings. The van der Waals surface area contributed by atoms with E-state index in [1.807, 2.05) is 55.5 Å². The Bertz CT molecular complexity index is 652. The number of hydrogen-bond donors (Lipinski definition) is 0. The first-order valence-electron chi connectivity index (χ1n) is 7.26. The average Bonchev–Trinajstić information content (AvgIpc) is 2.54. The zero-order chi connectivity index (χ0) is 17.8. The Labute approximate surface area is 141 Å². The highest BCUT2D eigenvalue weighted by Crippen LogP contribution is 2.15. The Morgan fingerprint density at radius 1 is 0.522 bits per heavy atom. The van der Waals surface area contributed by atoms with Crippen LogP contribution in [-0.4, -0.2) is 0 Å². The monoisotopic (exact) mass is 302 g/mol. The van der Waals surface area contributed by atoms with Gasteiger partial charge in [-0.15, -0.1) is 0 Å². The van der Waals surface area contributed by atoms with E-state index >= 15 is 0 Å². The molecule has 118 valence electrons. The number of rotatable bonds is 10. The molecule has 0 unspecified atom stereocenters. The molecule has 0 saturated carbocycles. The molecule has 0 spiro atoms. The molecule has 0 bridgehead atoms. The summed E-state index contributed by atoms with van der Waals surface area (Å²) in [5.74, 6) is 0. The van der Waals surface area contributed by atoms with Crippen LogP contribution < -0.4 is 0 Å². The first kappa shape index (κ1) is 20.1. The molecule has 0 aliphatic heterocycles. The Hall–Kier alpha value is -2.86. The third-order valence-corrected chi connectivity index (χ3v) is 3.01. The summed E-state index contributed by atoms with van der Waals surface area (Å²) in [7, 11) is 0. The maximum absolute atomic E-state index is 4.00. The highest BCUT2D eigenvalue weighted by atomic mass is 14.0. The summed E-state index contributed by atoms with van der Waals surface area (Å²) in [6, 6.07) is 0. The van der Waals surface area contributed by atoms with Crippen molar-refractivity contribution in [3.63, 3.8) is 0 Å². The minimum atomic E-state index is 0.798. The molecule has 0 saturated heterocycles. The lowest BCUT2D eigenvalue weighted by Gasteiger charge is -2.03. The minimum absolute atomic E-state index is 0.798. The second kappa shape index (κ2) is 10.8. The van der Waals surface area contributed by atoms with E-state index in [9.17, 15) is 0 Å². The molecule has 0 fully saturated rings. The Morgan fingerprint density at radius 3 is 1.13 bits per heavy atom. The van der Waals surface area contributed by atoms with Crippen molar-refractivity contribution < 1.29 is 0 Å². The second-order valence-electron chi connectivity index (χ2n) is 4.91. The van der Waals surface area contributed by atoms with Crippen molar-refractivity contribution in [2.45, 2.75) is 6.92 Å². The van der Waals surface area contributed by atoms with Crippen molar-refractivity contribution in [2.75, 3.05) is 0 Å². The smallest absolute Gasteiger partial charge is 0.0262 e. The van der Waals surface area contributed by atoms with E-state index in [1.54, 1.807) is 6.08 Å². The third-order valence-electron chi connectivity index (χ3n) is 3.01. The van der Waals surface area contributed by atoms with Crippen molar-refractivity contribution in [2.24, 2.45) is 0 Å². The maximum atomic E-state index is 4.00. The van der Waals surface area contributed by atoms with Gasteiger partial charge in [0.25, 0.3) is 0 Å². The molecule has 0 rings (SSSR count). The van der Waals surface area contributed by atoms with Crippen LogP contribution in [0.25, 0.3) is 0 Å². The van der Waals surface area contributed by atoms with Gasteiger partial charge in [-0.3, -0.25) is 0 Å². The fraction of sp³-hybridized carbons (Fsp3) is 0.0435. The standard InChI is InChI=1S/C23H26/c1-9-11-13-19(4)21(6)15-17-23(8)22(7)16-14-20(5)18(3)12-10-2/h9-17H,1,3-8H2,2H3/b12-10-,13-11-,16-14-,17-15-.